The van der Waals surface area contributed by atoms with Gasteiger partial charge in [0.1, 0.15) is 5.76 Å². The molecule has 1 saturated heterocycles. The first-order valence-corrected chi connectivity index (χ1v) is 7.53. The van der Waals surface area contributed by atoms with Crippen molar-refractivity contribution in [3.63, 3.8) is 0 Å². The number of halogens is 1. The molecule has 4 nitrogen and oxygen atoms in total. The minimum Gasteiger partial charge on any atom is -0.468 e. The van der Waals surface area contributed by atoms with E-state index in [0.717, 1.165) is 18.8 Å². The lowest BCUT2D eigenvalue weighted by atomic mass is 10.2. The SMILES string of the molecule is O=C(CCBr)NCC(c1ccco1)N1CCCC1. The van der Waals surface area contributed by atoms with Crippen LogP contribution in [0.4, 0.5) is 0 Å². The second kappa shape index (κ2) is 6.95. The Labute approximate surface area is 116 Å². The van der Waals surface area contributed by atoms with Gasteiger partial charge in [-0.15, -0.1) is 0 Å². The second-order valence-corrected chi connectivity index (χ2v) is 5.31. The maximum absolute atomic E-state index is 11.5. The molecule has 0 saturated carbocycles. The highest BCUT2D eigenvalue weighted by atomic mass is 79.9. The summed E-state index contributed by atoms with van der Waals surface area (Å²) in [7, 11) is 0. The number of carbonyl (C=O) groups excluding carboxylic acids is 1. The molecule has 5 heteroatoms. The van der Waals surface area contributed by atoms with Crippen LogP contribution in [0.2, 0.25) is 0 Å². The lowest BCUT2D eigenvalue weighted by molar-refractivity contribution is -0.120. The molecule has 2 heterocycles. The van der Waals surface area contributed by atoms with Crippen LogP contribution in [0.1, 0.15) is 31.1 Å². The van der Waals surface area contributed by atoms with Crippen molar-refractivity contribution in [3.8, 4) is 0 Å². The summed E-state index contributed by atoms with van der Waals surface area (Å²) in [4.78, 5) is 13.9. The van der Waals surface area contributed by atoms with Gasteiger partial charge in [0, 0.05) is 18.3 Å². The van der Waals surface area contributed by atoms with Crippen molar-refractivity contribution in [2.75, 3.05) is 25.0 Å². The fourth-order valence-electron chi connectivity index (χ4n) is 2.33. The Balaban J connectivity index is 1.94. The predicted molar refractivity (Wildman–Crippen MR) is 73.7 cm³/mol. The third-order valence-electron chi connectivity index (χ3n) is 3.27. The van der Waals surface area contributed by atoms with E-state index in [-0.39, 0.29) is 11.9 Å². The van der Waals surface area contributed by atoms with Gasteiger partial charge in [0.05, 0.1) is 12.3 Å². The van der Waals surface area contributed by atoms with Crippen LogP contribution in [-0.4, -0.2) is 35.8 Å². The van der Waals surface area contributed by atoms with E-state index in [9.17, 15) is 4.79 Å². The Morgan fingerprint density at radius 1 is 1.50 bits per heavy atom. The molecule has 2 rings (SSSR count). The van der Waals surface area contributed by atoms with Gasteiger partial charge in [-0.05, 0) is 38.1 Å². The number of carbonyl (C=O) groups is 1. The molecule has 0 aromatic carbocycles. The molecule has 0 bridgehead atoms. The first kappa shape index (κ1) is 13.6. The molecule has 100 valence electrons. The molecular formula is C13H19BrN2O2. The van der Waals surface area contributed by atoms with Crippen molar-refractivity contribution in [2.45, 2.75) is 25.3 Å². The van der Waals surface area contributed by atoms with Gasteiger partial charge >= 0.3 is 0 Å². The standard InChI is InChI=1S/C13H19BrN2O2/c14-6-5-13(17)15-10-11(12-4-3-9-18-12)16-7-1-2-8-16/h3-4,9,11H,1-2,5-8,10H2,(H,15,17). The van der Waals surface area contributed by atoms with E-state index in [4.69, 9.17) is 4.42 Å². The number of amides is 1. The zero-order valence-electron chi connectivity index (χ0n) is 10.4. The van der Waals surface area contributed by atoms with Crippen LogP contribution in [0.3, 0.4) is 0 Å². The Morgan fingerprint density at radius 3 is 2.89 bits per heavy atom. The van der Waals surface area contributed by atoms with E-state index in [1.54, 1.807) is 6.26 Å². The molecule has 1 aromatic rings. The van der Waals surface area contributed by atoms with E-state index < -0.39 is 0 Å². The molecule has 1 atom stereocenters. The number of nitrogens with one attached hydrogen (secondary N) is 1. The molecule has 1 fully saturated rings. The molecule has 1 amide bonds. The summed E-state index contributed by atoms with van der Waals surface area (Å²) >= 11 is 3.27. The molecule has 18 heavy (non-hydrogen) atoms. The molecular weight excluding hydrogens is 296 g/mol. The number of likely N-dealkylation sites (tertiary alicyclic amines) is 1. The summed E-state index contributed by atoms with van der Waals surface area (Å²) in [5.74, 6) is 1.03. The fraction of sp³-hybridized carbons (Fsp3) is 0.615. The average Bonchev–Trinajstić information content (AvgIpc) is 3.02. The average molecular weight is 315 g/mol. The zero-order valence-corrected chi connectivity index (χ0v) is 12.0. The number of furan rings is 1. The van der Waals surface area contributed by atoms with Gasteiger partial charge in [-0.2, -0.15) is 0 Å². The Morgan fingerprint density at radius 2 is 2.28 bits per heavy atom. The highest BCUT2D eigenvalue weighted by Gasteiger charge is 2.25. The molecule has 1 aliphatic rings. The van der Waals surface area contributed by atoms with Crippen molar-refractivity contribution in [3.05, 3.63) is 24.2 Å². The highest BCUT2D eigenvalue weighted by Crippen LogP contribution is 2.24. The second-order valence-electron chi connectivity index (χ2n) is 4.52. The van der Waals surface area contributed by atoms with Gasteiger partial charge in [0.15, 0.2) is 0 Å². The van der Waals surface area contributed by atoms with Gasteiger partial charge in [0.2, 0.25) is 5.91 Å². The van der Waals surface area contributed by atoms with Gasteiger partial charge in [-0.25, -0.2) is 0 Å². The summed E-state index contributed by atoms with van der Waals surface area (Å²) in [5, 5.41) is 3.68. The summed E-state index contributed by atoms with van der Waals surface area (Å²) in [5.41, 5.74) is 0. The topological polar surface area (TPSA) is 45.5 Å². The van der Waals surface area contributed by atoms with E-state index in [0.29, 0.717) is 18.3 Å². The quantitative estimate of drug-likeness (QED) is 0.820. The van der Waals surface area contributed by atoms with Gasteiger partial charge in [0.25, 0.3) is 0 Å². The maximum atomic E-state index is 11.5. The Bertz CT molecular complexity index is 361. The number of nitrogens with zero attached hydrogens (tertiary/aromatic N) is 1. The zero-order chi connectivity index (χ0) is 12.8. The molecule has 0 spiro atoms. The molecule has 0 aliphatic carbocycles. The summed E-state index contributed by atoms with van der Waals surface area (Å²) in [6, 6.07) is 4.06. The lowest BCUT2D eigenvalue weighted by Crippen LogP contribution is -2.36. The normalized spacial score (nSPS) is 17.8. The minimum absolute atomic E-state index is 0.0858. The summed E-state index contributed by atoms with van der Waals surface area (Å²) in [6.07, 6.45) is 4.67. The predicted octanol–water partition coefficient (Wildman–Crippen LogP) is 2.32. The molecule has 1 unspecified atom stereocenters. The van der Waals surface area contributed by atoms with E-state index in [1.807, 2.05) is 12.1 Å². The van der Waals surface area contributed by atoms with Crippen LogP contribution >= 0.6 is 15.9 Å². The monoisotopic (exact) mass is 314 g/mol. The van der Waals surface area contributed by atoms with Crippen molar-refractivity contribution in [1.29, 1.82) is 0 Å². The van der Waals surface area contributed by atoms with E-state index in [2.05, 4.69) is 26.1 Å². The number of hydrogen-bond acceptors (Lipinski definition) is 3. The van der Waals surface area contributed by atoms with Gasteiger partial charge in [-0.1, -0.05) is 15.9 Å². The van der Waals surface area contributed by atoms with Crippen molar-refractivity contribution in [2.24, 2.45) is 0 Å². The van der Waals surface area contributed by atoms with Crippen molar-refractivity contribution in [1.82, 2.24) is 10.2 Å². The van der Waals surface area contributed by atoms with Crippen LogP contribution in [0.15, 0.2) is 22.8 Å². The van der Waals surface area contributed by atoms with E-state index >= 15 is 0 Å². The Kier molecular flexibility index (Phi) is 5.26. The lowest BCUT2D eigenvalue weighted by Gasteiger charge is -2.25. The smallest absolute Gasteiger partial charge is 0.220 e. The Hall–Kier alpha value is -0.810. The number of rotatable bonds is 6. The summed E-state index contributed by atoms with van der Waals surface area (Å²) in [6.45, 7) is 2.79. The minimum atomic E-state index is 0.0858. The van der Waals surface area contributed by atoms with Crippen LogP contribution < -0.4 is 5.32 Å². The van der Waals surface area contributed by atoms with Crippen LogP contribution in [-0.2, 0) is 4.79 Å². The third kappa shape index (κ3) is 3.59. The van der Waals surface area contributed by atoms with Crippen LogP contribution in [0, 0.1) is 0 Å². The number of hydrogen-bond donors (Lipinski definition) is 1. The highest BCUT2D eigenvalue weighted by molar-refractivity contribution is 9.09. The molecule has 1 aliphatic heterocycles. The van der Waals surface area contributed by atoms with E-state index in [1.165, 1.54) is 12.8 Å². The van der Waals surface area contributed by atoms with Crippen molar-refractivity contribution >= 4 is 21.8 Å². The van der Waals surface area contributed by atoms with Gasteiger partial charge < -0.3 is 9.73 Å². The largest absolute Gasteiger partial charge is 0.468 e. The van der Waals surface area contributed by atoms with Crippen LogP contribution in [0.25, 0.3) is 0 Å². The molecule has 0 radical (unpaired) electrons. The number of alkyl halides is 1. The fourth-order valence-corrected chi connectivity index (χ4v) is 2.69. The van der Waals surface area contributed by atoms with Crippen molar-refractivity contribution < 1.29 is 9.21 Å². The molecule has 1 aromatic heterocycles. The molecule has 1 N–H and O–H groups in total. The summed E-state index contributed by atoms with van der Waals surface area (Å²) < 4.78 is 5.50. The first-order valence-electron chi connectivity index (χ1n) is 6.41. The van der Waals surface area contributed by atoms with Crippen LogP contribution in [0.5, 0.6) is 0 Å². The first-order chi connectivity index (χ1) is 8.81. The maximum Gasteiger partial charge on any atom is 0.220 e. The van der Waals surface area contributed by atoms with Gasteiger partial charge in [-0.3, -0.25) is 9.69 Å². The third-order valence-corrected chi connectivity index (χ3v) is 3.66.